The molecule has 0 fully saturated rings. The number of rotatable bonds is 2. The van der Waals surface area contributed by atoms with Crippen LogP contribution in [-0.4, -0.2) is 11.2 Å². The molecule has 14 heavy (non-hydrogen) atoms. The summed E-state index contributed by atoms with van der Waals surface area (Å²) in [4.78, 5) is 21.5. The van der Waals surface area contributed by atoms with Crippen LogP contribution in [-0.2, 0) is 4.79 Å². The normalized spacial score (nSPS) is 9.64. The summed E-state index contributed by atoms with van der Waals surface area (Å²) in [6.07, 6.45) is 0. The van der Waals surface area contributed by atoms with Gasteiger partial charge >= 0.3 is 5.97 Å². The third-order valence-corrected chi connectivity index (χ3v) is 1.76. The van der Waals surface area contributed by atoms with Crippen LogP contribution in [0.2, 0.25) is 0 Å². The van der Waals surface area contributed by atoms with Gasteiger partial charge in [0.2, 0.25) is 0 Å². The van der Waals surface area contributed by atoms with Gasteiger partial charge in [-0.3, -0.25) is 9.59 Å². The van der Waals surface area contributed by atoms with Gasteiger partial charge in [0, 0.05) is 12.5 Å². The Morgan fingerprint density at radius 1 is 1.29 bits per heavy atom. The standard InChI is InChI=1S/C10H9ClO3/c1-6-3-8(10(11)13)5-9(4-6)14-7(2)12/h3-5H,1-2H3. The quantitative estimate of drug-likeness (QED) is 0.429. The van der Waals surface area contributed by atoms with Crippen LogP contribution in [0, 0.1) is 6.92 Å². The van der Waals surface area contributed by atoms with Crippen LogP contribution in [0.5, 0.6) is 5.75 Å². The number of aryl methyl sites for hydroxylation is 1. The number of carbonyl (C=O) groups is 2. The lowest BCUT2D eigenvalue weighted by Gasteiger charge is -2.03. The molecule has 3 nitrogen and oxygen atoms in total. The van der Waals surface area contributed by atoms with E-state index in [4.69, 9.17) is 16.3 Å². The molecule has 0 N–H and O–H groups in total. The van der Waals surface area contributed by atoms with Crippen LogP contribution in [0.1, 0.15) is 22.8 Å². The van der Waals surface area contributed by atoms with Gasteiger partial charge in [-0.2, -0.15) is 0 Å². The van der Waals surface area contributed by atoms with Gasteiger partial charge in [0.15, 0.2) is 0 Å². The lowest BCUT2D eigenvalue weighted by molar-refractivity contribution is -0.131. The summed E-state index contributed by atoms with van der Waals surface area (Å²) in [6, 6.07) is 4.72. The van der Waals surface area contributed by atoms with Crippen LogP contribution in [0.4, 0.5) is 0 Å². The molecular weight excluding hydrogens is 204 g/mol. The van der Waals surface area contributed by atoms with Gasteiger partial charge in [-0.1, -0.05) is 0 Å². The van der Waals surface area contributed by atoms with Gasteiger partial charge in [0.25, 0.3) is 5.24 Å². The van der Waals surface area contributed by atoms with Gasteiger partial charge in [-0.15, -0.1) is 0 Å². The number of ether oxygens (including phenoxy) is 1. The fraction of sp³-hybridized carbons (Fsp3) is 0.200. The van der Waals surface area contributed by atoms with Crippen molar-refractivity contribution in [3.8, 4) is 5.75 Å². The van der Waals surface area contributed by atoms with Gasteiger partial charge in [-0.05, 0) is 42.3 Å². The third kappa shape index (κ3) is 2.85. The van der Waals surface area contributed by atoms with Crippen molar-refractivity contribution in [3.05, 3.63) is 29.3 Å². The topological polar surface area (TPSA) is 43.4 Å². The average Bonchev–Trinajstić information content (AvgIpc) is 2.01. The summed E-state index contributed by atoms with van der Waals surface area (Å²) < 4.78 is 4.84. The van der Waals surface area contributed by atoms with Crippen LogP contribution in [0.3, 0.4) is 0 Å². The Hall–Kier alpha value is -1.35. The SMILES string of the molecule is CC(=O)Oc1cc(C)cc(C(=O)Cl)c1. The van der Waals surface area contributed by atoms with E-state index in [2.05, 4.69) is 0 Å². The number of hydrogen-bond acceptors (Lipinski definition) is 3. The number of halogens is 1. The van der Waals surface area contributed by atoms with Crippen molar-refractivity contribution >= 4 is 22.8 Å². The van der Waals surface area contributed by atoms with E-state index >= 15 is 0 Å². The Kier molecular flexibility index (Phi) is 3.25. The molecule has 1 aromatic rings. The first-order valence-corrected chi connectivity index (χ1v) is 4.37. The highest BCUT2D eigenvalue weighted by atomic mass is 35.5. The summed E-state index contributed by atoms with van der Waals surface area (Å²) in [5.41, 5.74) is 1.13. The van der Waals surface area contributed by atoms with E-state index in [0.717, 1.165) is 5.56 Å². The lowest BCUT2D eigenvalue weighted by atomic mass is 10.1. The minimum absolute atomic E-state index is 0.322. The predicted molar refractivity (Wildman–Crippen MR) is 52.7 cm³/mol. The van der Waals surface area contributed by atoms with E-state index in [9.17, 15) is 9.59 Å². The van der Waals surface area contributed by atoms with E-state index < -0.39 is 11.2 Å². The molecule has 0 spiro atoms. The first kappa shape index (κ1) is 10.7. The van der Waals surface area contributed by atoms with Crippen molar-refractivity contribution in [1.82, 2.24) is 0 Å². The Balaban J connectivity index is 3.07. The summed E-state index contributed by atoms with van der Waals surface area (Å²) in [6.45, 7) is 3.08. The molecule has 74 valence electrons. The lowest BCUT2D eigenvalue weighted by Crippen LogP contribution is -2.02. The fourth-order valence-electron chi connectivity index (χ4n) is 1.09. The molecule has 0 aliphatic carbocycles. The Morgan fingerprint density at radius 3 is 2.43 bits per heavy atom. The molecule has 0 aliphatic rings. The van der Waals surface area contributed by atoms with E-state index in [0.29, 0.717) is 11.3 Å². The van der Waals surface area contributed by atoms with E-state index in [1.807, 2.05) is 0 Å². The number of hydrogen-bond donors (Lipinski definition) is 0. The zero-order valence-corrected chi connectivity index (χ0v) is 8.59. The largest absolute Gasteiger partial charge is 0.427 e. The van der Waals surface area contributed by atoms with E-state index in [1.54, 1.807) is 19.1 Å². The first-order valence-electron chi connectivity index (χ1n) is 3.99. The van der Waals surface area contributed by atoms with Crippen molar-refractivity contribution in [1.29, 1.82) is 0 Å². The Morgan fingerprint density at radius 2 is 1.93 bits per heavy atom. The molecule has 1 aromatic carbocycles. The Labute approximate surface area is 86.6 Å². The molecular formula is C10H9ClO3. The van der Waals surface area contributed by atoms with Crippen LogP contribution in [0.15, 0.2) is 18.2 Å². The smallest absolute Gasteiger partial charge is 0.308 e. The minimum atomic E-state index is -0.567. The van der Waals surface area contributed by atoms with Crippen molar-refractivity contribution in [2.24, 2.45) is 0 Å². The van der Waals surface area contributed by atoms with Crippen molar-refractivity contribution < 1.29 is 14.3 Å². The summed E-state index contributed by atoms with van der Waals surface area (Å²) >= 11 is 5.30. The van der Waals surface area contributed by atoms with Gasteiger partial charge in [0.1, 0.15) is 5.75 Å². The summed E-state index contributed by atoms with van der Waals surface area (Å²) in [5.74, 6) is -0.0925. The summed E-state index contributed by atoms with van der Waals surface area (Å²) in [5, 5.41) is -0.567. The molecule has 0 bridgehead atoms. The summed E-state index contributed by atoms with van der Waals surface area (Å²) in [7, 11) is 0. The molecule has 0 unspecified atom stereocenters. The maximum Gasteiger partial charge on any atom is 0.308 e. The monoisotopic (exact) mass is 212 g/mol. The molecule has 0 radical (unpaired) electrons. The zero-order valence-electron chi connectivity index (χ0n) is 7.83. The molecule has 0 heterocycles. The molecule has 0 aromatic heterocycles. The number of benzene rings is 1. The first-order chi connectivity index (χ1) is 6.49. The van der Waals surface area contributed by atoms with E-state index in [1.165, 1.54) is 13.0 Å². The van der Waals surface area contributed by atoms with Crippen molar-refractivity contribution in [3.63, 3.8) is 0 Å². The second-order valence-corrected chi connectivity index (χ2v) is 3.25. The molecule has 0 saturated heterocycles. The number of carbonyl (C=O) groups excluding carboxylic acids is 2. The zero-order chi connectivity index (χ0) is 10.7. The molecule has 0 amide bonds. The predicted octanol–water partition coefficient (Wildman–Crippen LogP) is 2.30. The van der Waals surface area contributed by atoms with Gasteiger partial charge in [0.05, 0.1) is 0 Å². The van der Waals surface area contributed by atoms with Gasteiger partial charge < -0.3 is 4.74 Å². The maximum atomic E-state index is 10.9. The minimum Gasteiger partial charge on any atom is -0.427 e. The highest BCUT2D eigenvalue weighted by Crippen LogP contribution is 2.18. The second kappa shape index (κ2) is 4.24. The maximum absolute atomic E-state index is 10.9. The fourth-order valence-corrected chi connectivity index (χ4v) is 1.20. The number of esters is 1. The molecule has 1 rings (SSSR count). The van der Waals surface area contributed by atoms with Gasteiger partial charge in [-0.25, -0.2) is 0 Å². The van der Waals surface area contributed by atoms with Crippen LogP contribution < -0.4 is 4.74 Å². The highest BCUT2D eigenvalue weighted by Gasteiger charge is 2.06. The van der Waals surface area contributed by atoms with Crippen LogP contribution >= 0.6 is 11.6 Å². The highest BCUT2D eigenvalue weighted by molar-refractivity contribution is 6.67. The van der Waals surface area contributed by atoms with Crippen LogP contribution in [0.25, 0.3) is 0 Å². The van der Waals surface area contributed by atoms with Crippen molar-refractivity contribution in [2.75, 3.05) is 0 Å². The second-order valence-electron chi connectivity index (χ2n) is 2.90. The third-order valence-electron chi connectivity index (χ3n) is 1.54. The Bertz CT molecular complexity index is 385. The molecule has 0 saturated carbocycles. The molecule has 4 heteroatoms. The molecule has 0 aliphatic heterocycles. The van der Waals surface area contributed by atoms with E-state index in [-0.39, 0.29) is 0 Å². The average molecular weight is 213 g/mol. The molecule has 0 atom stereocenters. The van der Waals surface area contributed by atoms with Crippen molar-refractivity contribution in [2.45, 2.75) is 13.8 Å².